The highest BCUT2D eigenvalue weighted by atomic mass is 16.5. The molecule has 0 unspecified atom stereocenters. The summed E-state index contributed by atoms with van der Waals surface area (Å²) < 4.78 is 19.4. The van der Waals surface area contributed by atoms with Crippen LogP contribution in [0.25, 0.3) is 0 Å². The van der Waals surface area contributed by atoms with E-state index in [-0.39, 0.29) is 24.9 Å². The second kappa shape index (κ2) is 11.9. The number of nitrogens with zero attached hydrogens (tertiary/aromatic N) is 1. The van der Waals surface area contributed by atoms with Crippen molar-refractivity contribution in [2.75, 3.05) is 60.8 Å². The van der Waals surface area contributed by atoms with Crippen LogP contribution >= 0.6 is 0 Å². The van der Waals surface area contributed by atoms with Crippen molar-refractivity contribution in [1.82, 2.24) is 4.90 Å². The first-order valence-corrected chi connectivity index (χ1v) is 6.05. The monoisotopic (exact) mass is 277 g/mol. The predicted molar refractivity (Wildman–Crippen MR) is 67.8 cm³/mol. The average molecular weight is 277 g/mol. The maximum absolute atomic E-state index is 11.9. The summed E-state index contributed by atoms with van der Waals surface area (Å²) in [7, 11) is 4.43. The Kier molecular flexibility index (Phi) is 11.1. The van der Waals surface area contributed by atoms with E-state index in [4.69, 9.17) is 14.2 Å². The predicted octanol–water partition coefficient (Wildman–Crippen LogP) is -0.312. The molecule has 112 valence electrons. The third-order valence-corrected chi connectivity index (χ3v) is 2.39. The molecule has 1 amide bonds. The first kappa shape index (κ1) is 17.8. The summed E-state index contributed by atoms with van der Waals surface area (Å²) in [5, 5.41) is 0. The van der Waals surface area contributed by atoms with Crippen molar-refractivity contribution in [2.24, 2.45) is 0 Å². The van der Waals surface area contributed by atoms with Crippen LogP contribution in [-0.4, -0.2) is 77.6 Å². The van der Waals surface area contributed by atoms with Gasteiger partial charge in [-0.05, 0) is 0 Å². The molecular weight excluding hydrogens is 254 g/mol. The molecule has 0 aromatic heterocycles. The molecule has 7 nitrogen and oxygen atoms in total. The van der Waals surface area contributed by atoms with E-state index in [1.54, 1.807) is 14.2 Å². The van der Waals surface area contributed by atoms with Crippen LogP contribution in [0.3, 0.4) is 0 Å². The molecule has 0 fully saturated rings. The van der Waals surface area contributed by atoms with Gasteiger partial charge in [0.2, 0.25) is 5.91 Å². The van der Waals surface area contributed by atoms with Gasteiger partial charge in [-0.15, -0.1) is 0 Å². The number of amides is 1. The second-order valence-corrected chi connectivity index (χ2v) is 3.75. The Morgan fingerprint density at radius 1 is 0.947 bits per heavy atom. The zero-order valence-electron chi connectivity index (χ0n) is 11.8. The van der Waals surface area contributed by atoms with Gasteiger partial charge in [0, 0.05) is 27.3 Å². The van der Waals surface area contributed by atoms with Crippen LogP contribution in [0.2, 0.25) is 0 Å². The van der Waals surface area contributed by atoms with Crippen LogP contribution in [0.5, 0.6) is 0 Å². The second-order valence-electron chi connectivity index (χ2n) is 3.75. The number of hydrogen-bond acceptors (Lipinski definition) is 6. The lowest BCUT2D eigenvalue weighted by atomic mass is 10.3. The molecule has 0 aromatic rings. The first-order chi connectivity index (χ1) is 9.15. The van der Waals surface area contributed by atoms with Gasteiger partial charge in [0.15, 0.2) is 0 Å². The summed E-state index contributed by atoms with van der Waals surface area (Å²) in [5.74, 6) is -0.535. The van der Waals surface area contributed by atoms with Crippen molar-refractivity contribution in [3.8, 4) is 0 Å². The maximum Gasteiger partial charge on any atom is 0.307 e. The quantitative estimate of drug-likeness (QED) is 0.381. The molecule has 0 N–H and O–H groups in total. The molecule has 7 heteroatoms. The molecule has 0 aromatic carbocycles. The Labute approximate surface area is 113 Å². The minimum Gasteiger partial charge on any atom is -0.469 e. The first-order valence-electron chi connectivity index (χ1n) is 6.05. The molecule has 0 spiro atoms. The SMILES string of the molecule is COCCOCC(=O)N(CCOC)CCC(=O)OC. The van der Waals surface area contributed by atoms with Crippen molar-refractivity contribution in [3.63, 3.8) is 0 Å². The van der Waals surface area contributed by atoms with Crippen molar-refractivity contribution in [2.45, 2.75) is 6.42 Å². The number of rotatable bonds is 11. The van der Waals surface area contributed by atoms with Crippen LogP contribution in [0.4, 0.5) is 0 Å². The molecular formula is C12H23NO6. The molecule has 0 atom stereocenters. The van der Waals surface area contributed by atoms with Crippen LogP contribution in [-0.2, 0) is 28.5 Å². The van der Waals surface area contributed by atoms with Crippen LogP contribution in [0, 0.1) is 0 Å². The fourth-order valence-corrected chi connectivity index (χ4v) is 1.28. The van der Waals surface area contributed by atoms with Gasteiger partial charge in [0.1, 0.15) is 6.61 Å². The van der Waals surface area contributed by atoms with Gasteiger partial charge < -0.3 is 23.8 Å². The summed E-state index contributed by atoms with van der Waals surface area (Å²) >= 11 is 0. The van der Waals surface area contributed by atoms with Gasteiger partial charge in [-0.1, -0.05) is 0 Å². The van der Waals surface area contributed by atoms with Crippen molar-refractivity contribution in [3.05, 3.63) is 0 Å². The van der Waals surface area contributed by atoms with Gasteiger partial charge in [-0.3, -0.25) is 9.59 Å². The van der Waals surface area contributed by atoms with Gasteiger partial charge in [0.25, 0.3) is 0 Å². The normalized spacial score (nSPS) is 10.3. The van der Waals surface area contributed by atoms with E-state index in [9.17, 15) is 9.59 Å². The maximum atomic E-state index is 11.9. The summed E-state index contributed by atoms with van der Waals surface area (Å²) in [5.41, 5.74) is 0. The molecule has 0 aliphatic carbocycles. The van der Waals surface area contributed by atoms with E-state index in [0.717, 1.165) is 0 Å². The van der Waals surface area contributed by atoms with Gasteiger partial charge in [0.05, 0.1) is 33.4 Å². The largest absolute Gasteiger partial charge is 0.469 e. The van der Waals surface area contributed by atoms with Crippen LogP contribution in [0.15, 0.2) is 0 Å². The summed E-state index contributed by atoms with van der Waals surface area (Å²) in [6.45, 7) is 1.88. The Morgan fingerprint density at radius 2 is 1.63 bits per heavy atom. The van der Waals surface area contributed by atoms with E-state index < -0.39 is 0 Å². The number of methoxy groups -OCH3 is 3. The Hall–Kier alpha value is -1.18. The molecule has 0 aliphatic rings. The molecule has 0 aliphatic heterocycles. The third kappa shape index (κ3) is 9.40. The fraction of sp³-hybridized carbons (Fsp3) is 0.833. The lowest BCUT2D eigenvalue weighted by Crippen LogP contribution is -2.38. The minimum absolute atomic E-state index is 0.0335. The zero-order chi connectivity index (χ0) is 14.5. The number of ether oxygens (including phenoxy) is 4. The van der Waals surface area contributed by atoms with Crippen molar-refractivity contribution < 1.29 is 28.5 Å². The lowest BCUT2D eigenvalue weighted by molar-refractivity contribution is -0.143. The van der Waals surface area contributed by atoms with E-state index >= 15 is 0 Å². The number of esters is 1. The van der Waals surface area contributed by atoms with Gasteiger partial charge in [-0.25, -0.2) is 0 Å². The summed E-state index contributed by atoms with van der Waals surface area (Å²) in [6.07, 6.45) is 0.157. The zero-order valence-corrected chi connectivity index (χ0v) is 11.8. The smallest absolute Gasteiger partial charge is 0.307 e. The highest BCUT2D eigenvalue weighted by Gasteiger charge is 2.15. The minimum atomic E-state index is -0.351. The number of carbonyl (C=O) groups excluding carboxylic acids is 2. The van der Waals surface area contributed by atoms with E-state index in [2.05, 4.69) is 4.74 Å². The van der Waals surface area contributed by atoms with Crippen LogP contribution in [0.1, 0.15) is 6.42 Å². The average Bonchev–Trinajstić information content (AvgIpc) is 2.43. The standard InChI is InChI=1S/C12H23NO6/c1-16-7-6-13(5-4-12(15)18-3)11(14)10-19-9-8-17-2/h4-10H2,1-3H3. The highest BCUT2D eigenvalue weighted by Crippen LogP contribution is 1.96. The molecule has 0 radical (unpaired) electrons. The molecule has 0 heterocycles. The number of hydrogen-bond donors (Lipinski definition) is 0. The lowest BCUT2D eigenvalue weighted by Gasteiger charge is -2.21. The van der Waals surface area contributed by atoms with Gasteiger partial charge in [-0.2, -0.15) is 0 Å². The Morgan fingerprint density at radius 3 is 2.21 bits per heavy atom. The van der Waals surface area contributed by atoms with Gasteiger partial charge >= 0.3 is 5.97 Å². The third-order valence-electron chi connectivity index (χ3n) is 2.39. The number of carbonyl (C=O) groups is 2. The Balaban J connectivity index is 4.07. The molecule has 0 saturated heterocycles. The van der Waals surface area contributed by atoms with Crippen molar-refractivity contribution >= 4 is 11.9 Å². The Bertz CT molecular complexity index is 259. The van der Waals surface area contributed by atoms with Crippen LogP contribution < -0.4 is 0 Å². The van der Waals surface area contributed by atoms with E-state index in [1.807, 2.05) is 0 Å². The fourth-order valence-electron chi connectivity index (χ4n) is 1.28. The van der Waals surface area contributed by atoms with E-state index in [1.165, 1.54) is 12.0 Å². The molecule has 19 heavy (non-hydrogen) atoms. The molecule has 0 saturated carbocycles. The summed E-state index contributed by atoms with van der Waals surface area (Å²) in [4.78, 5) is 24.5. The molecule has 0 bridgehead atoms. The van der Waals surface area contributed by atoms with Crippen molar-refractivity contribution in [1.29, 1.82) is 0 Å². The molecule has 0 rings (SSSR count). The highest BCUT2D eigenvalue weighted by molar-refractivity contribution is 5.78. The van der Waals surface area contributed by atoms with E-state index in [0.29, 0.717) is 32.9 Å². The topological polar surface area (TPSA) is 74.3 Å². The summed E-state index contributed by atoms with van der Waals surface area (Å²) in [6, 6.07) is 0.